The summed E-state index contributed by atoms with van der Waals surface area (Å²) in [6, 6.07) is 7.36. The monoisotopic (exact) mass is 208 g/mol. The van der Waals surface area contributed by atoms with E-state index in [9.17, 15) is 9.81 Å². The van der Waals surface area contributed by atoms with E-state index in [1.807, 2.05) is 18.2 Å². The molecule has 78 valence electrons. The van der Waals surface area contributed by atoms with Gasteiger partial charge < -0.3 is 9.68 Å². The van der Waals surface area contributed by atoms with Gasteiger partial charge in [-0.05, 0) is 5.56 Å². The van der Waals surface area contributed by atoms with Crippen molar-refractivity contribution in [3.63, 3.8) is 0 Å². The van der Waals surface area contributed by atoms with Gasteiger partial charge in [-0.1, -0.05) is 24.3 Å². The van der Waals surface area contributed by atoms with Crippen LogP contribution < -0.4 is 0 Å². The van der Waals surface area contributed by atoms with Crippen LogP contribution in [0.25, 0.3) is 0 Å². The largest absolute Gasteiger partial charge is 0.356 e. The minimum Gasteiger partial charge on any atom is -0.356 e. The maximum absolute atomic E-state index is 10.1. The Bertz CT molecular complexity index is 382. The van der Waals surface area contributed by atoms with Crippen molar-refractivity contribution < 1.29 is 9.68 Å². The zero-order chi connectivity index (χ0) is 10.7. The summed E-state index contributed by atoms with van der Waals surface area (Å²) in [5.74, 6) is 0. The molecule has 0 amide bonds. The molecule has 1 aliphatic rings. The van der Waals surface area contributed by atoms with Crippen molar-refractivity contribution in [2.75, 3.05) is 0 Å². The standard InChI is InChI=1S/C9H8N2O4/c12-10-14-8-5-6-3-1-2-4-7(6)9(8)15-11-13/h1-4,8-9H,5H2. The second kappa shape index (κ2) is 4.04. The van der Waals surface area contributed by atoms with Crippen LogP contribution in [-0.2, 0) is 16.1 Å². The highest BCUT2D eigenvalue weighted by Gasteiger charge is 2.37. The first-order chi connectivity index (χ1) is 7.36. The Morgan fingerprint density at radius 1 is 1.13 bits per heavy atom. The maximum atomic E-state index is 10.1. The normalized spacial score (nSPS) is 22.9. The summed E-state index contributed by atoms with van der Waals surface area (Å²) in [6.45, 7) is 0. The van der Waals surface area contributed by atoms with Crippen molar-refractivity contribution in [1.29, 1.82) is 0 Å². The Labute approximate surface area is 85.0 Å². The smallest absolute Gasteiger partial charge is 0.195 e. The molecule has 0 fully saturated rings. The van der Waals surface area contributed by atoms with Gasteiger partial charge in [0.25, 0.3) is 0 Å². The molecule has 2 atom stereocenters. The Balaban J connectivity index is 2.28. The van der Waals surface area contributed by atoms with E-state index in [-0.39, 0.29) is 0 Å². The fourth-order valence-corrected chi connectivity index (χ4v) is 1.84. The molecule has 0 radical (unpaired) electrons. The third kappa shape index (κ3) is 1.65. The zero-order valence-corrected chi connectivity index (χ0v) is 7.70. The van der Waals surface area contributed by atoms with Gasteiger partial charge in [0, 0.05) is 12.0 Å². The highest BCUT2D eigenvalue weighted by molar-refractivity contribution is 5.35. The molecule has 0 saturated carbocycles. The SMILES string of the molecule is O=NOC1Cc2ccccc2C1ON=O. The van der Waals surface area contributed by atoms with Crippen molar-refractivity contribution >= 4 is 0 Å². The van der Waals surface area contributed by atoms with E-state index in [4.69, 9.17) is 0 Å². The molecule has 0 aromatic heterocycles. The molecule has 0 bridgehead atoms. The minimum absolute atomic E-state index is 0.488. The minimum atomic E-state index is -0.642. The van der Waals surface area contributed by atoms with Gasteiger partial charge >= 0.3 is 0 Å². The summed E-state index contributed by atoms with van der Waals surface area (Å²) in [5.41, 5.74) is 1.78. The Hall–Kier alpha value is -1.98. The van der Waals surface area contributed by atoms with Crippen LogP contribution in [0.4, 0.5) is 0 Å². The third-order valence-electron chi connectivity index (χ3n) is 2.46. The fraction of sp³-hybridized carbons (Fsp3) is 0.333. The lowest BCUT2D eigenvalue weighted by Gasteiger charge is -2.12. The molecule has 0 heterocycles. The first-order valence-corrected chi connectivity index (χ1v) is 4.41. The van der Waals surface area contributed by atoms with Crippen LogP contribution in [0.2, 0.25) is 0 Å². The van der Waals surface area contributed by atoms with Crippen molar-refractivity contribution in [1.82, 2.24) is 0 Å². The average molecular weight is 208 g/mol. The summed E-state index contributed by atoms with van der Waals surface area (Å²) in [4.78, 5) is 29.3. The van der Waals surface area contributed by atoms with Gasteiger partial charge in [0.1, 0.15) is 0 Å². The predicted molar refractivity (Wildman–Crippen MR) is 50.4 cm³/mol. The van der Waals surface area contributed by atoms with Crippen molar-refractivity contribution in [3.05, 3.63) is 45.2 Å². The number of rotatable bonds is 4. The fourth-order valence-electron chi connectivity index (χ4n) is 1.84. The molecule has 6 heteroatoms. The van der Waals surface area contributed by atoms with Crippen LogP contribution in [0.3, 0.4) is 0 Å². The molecule has 0 spiro atoms. The topological polar surface area (TPSA) is 77.3 Å². The molecule has 1 aromatic carbocycles. The zero-order valence-electron chi connectivity index (χ0n) is 7.70. The van der Waals surface area contributed by atoms with E-state index in [1.165, 1.54) is 0 Å². The van der Waals surface area contributed by atoms with E-state index in [0.717, 1.165) is 11.1 Å². The molecule has 2 unspecified atom stereocenters. The second-order valence-corrected chi connectivity index (χ2v) is 3.22. The lowest BCUT2D eigenvalue weighted by atomic mass is 10.1. The molecule has 1 aromatic rings. The predicted octanol–water partition coefficient (Wildman–Crippen LogP) is 2.05. The molecule has 15 heavy (non-hydrogen) atoms. The Kier molecular flexibility index (Phi) is 2.57. The van der Waals surface area contributed by atoms with Gasteiger partial charge in [0.15, 0.2) is 22.9 Å². The molecule has 0 aliphatic heterocycles. The molecule has 0 saturated heterocycles. The first-order valence-electron chi connectivity index (χ1n) is 4.41. The van der Waals surface area contributed by atoms with Crippen LogP contribution in [-0.4, -0.2) is 6.10 Å². The second-order valence-electron chi connectivity index (χ2n) is 3.22. The van der Waals surface area contributed by atoms with Gasteiger partial charge in [-0.25, -0.2) is 0 Å². The highest BCUT2D eigenvalue weighted by atomic mass is 16.8. The summed E-state index contributed by atoms with van der Waals surface area (Å²) >= 11 is 0. The molecule has 1 aliphatic carbocycles. The number of benzene rings is 1. The Morgan fingerprint density at radius 2 is 1.87 bits per heavy atom. The van der Waals surface area contributed by atoms with Gasteiger partial charge in [-0.2, -0.15) is 0 Å². The van der Waals surface area contributed by atoms with Crippen LogP contribution in [0.1, 0.15) is 17.2 Å². The number of hydrogen-bond acceptors (Lipinski definition) is 6. The van der Waals surface area contributed by atoms with Gasteiger partial charge in [-0.3, -0.25) is 0 Å². The molecule has 6 nitrogen and oxygen atoms in total. The quantitative estimate of drug-likeness (QED) is 0.560. The van der Waals surface area contributed by atoms with E-state index in [2.05, 4.69) is 20.4 Å². The van der Waals surface area contributed by atoms with Crippen LogP contribution in [0.5, 0.6) is 0 Å². The van der Waals surface area contributed by atoms with E-state index >= 15 is 0 Å². The number of nitrogens with zero attached hydrogens (tertiary/aromatic N) is 2. The van der Waals surface area contributed by atoms with Crippen molar-refractivity contribution in [3.8, 4) is 0 Å². The summed E-state index contributed by atoms with van der Waals surface area (Å²) in [6.07, 6.45) is -0.726. The molecule has 2 rings (SSSR count). The van der Waals surface area contributed by atoms with E-state index in [1.54, 1.807) is 6.07 Å². The molecular weight excluding hydrogens is 200 g/mol. The van der Waals surface area contributed by atoms with E-state index < -0.39 is 12.2 Å². The number of hydrogen-bond donors (Lipinski definition) is 0. The van der Waals surface area contributed by atoms with Crippen LogP contribution in [0.15, 0.2) is 34.9 Å². The summed E-state index contributed by atoms with van der Waals surface area (Å²) in [7, 11) is 0. The Morgan fingerprint density at radius 3 is 2.60 bits per heavy atom. The van der Waals surface area contributed by atoms with E-state index in [0.29, 0.717) is 6.42 Å². The van der Waals surface area contributed by atoms with Crippen LogP contribution in [0, 0.1) is 9.81 Å². The van der Waals surface area contributed by atoms with Gasteiger partial charge in [0.2, 0.25) is 0 Å². The van der Waals surface area contributed by atoms with Crippen molar-refractivity contribution in [2.45, 2.75) is 18.6 Å². The maximum Gasteiger partial charge on any atom is 0.195 e. The lowest BCUT2D eigenvalue weighted by Crippen LogP contribution is -2.16. The van der Waals surface area contributed by atoms with Gasteiger partial charge in [0.05, 0.1) is 0 Å². The molecule has 0 N–H and O–H groups in total. The van der Waals surface area contributed by atoms with Crippen molar-refractivity contribution in [2.24, 2.45) is 10.7 Å². The average Bonchev–Trinajstić information content (AvgIpc) is 2.59. The highest BCUT2D eigenvalue weighted by Crippen LogP contribution is 2.36. The first kappa shape index (κ1) is 9.57. The third-order valence-corrected chi connectivity index (χ3v) is 2.46. The van der Waals surface area contributed by atoms with Crippen LogP contribution >= 0.6 is 0 Å². The summed E-state index contributed by atoms with van der Waals surface area (Å²) in [5, 5.41) is 4.73. The van der Waals surface area contributed by atoms with Gasteiger partial charge in [-0.15, -0.1) is 9.81 Å². The lowest BCUT2D eigenvalue weighted by molar-refractivity contribution is -0.0666. The molecular formula is C9H8N2O4. The summed E-state index contributed by atoms with van der Waals surface area (Å²) < 4.78 is 0. The number of fused-ring (bicyclic) bond motifs is 1.